The number of pyridine rings is 4. The minimum atomic E-state index is 0. The Morgan fingerprint density at radius 1 is 0.463 bits per heavy atom. The van der Waals surface area contributed by atoms with Crippen LogP contribution >= 0.6 is 0 Å². The molecule has 206 valence electrons. The smallest absolute Gasteiger partial charge is 0.678 e. The molecule has 0 fully saturated rings. The largest absolute Gasteiger partial charge is 2.00 e. The van der Waals surface area contributed by atoms with Crippen molar-refractivity contribution in [2.75, 3.05) is 13.1 Å². The second-order valence-electron chi connectivity index (χ2n) is 8.35. The molecule has 7 rings (SSSR count). The monoisotopic (exact) mass is 628 g/mol. The Labute approximate surface area is 252 Å². The van der Waals surface area contributed by atoms with Gasteiger partial charge in [-0.1, -0.05) is 38.1 Å². The zero-order valence-electron chi connectivity index (χ0n) is 22.8. The summed E-state index contributed by atoms with van der Waals surface area (Å²) in [6.45, 7) is 4.58. The Bertz CT molecular complexity index is 1670. The first-order valence-electron chi connectivity index (χ1n) is 13.0. The molecule has 0 saturated carbocycles. The summed E-state index contributed by atoms with van der Waals surface area (Å²) >= 11 is 0. The third-order valence-electron chi connectivity index (χ3n) is 5.51. The molecule has 0 saturated heterocycles. The van der Waals surface area contributed by atoms with Crippen LogP contribution < -0.4 is 0 Å². The van der Waals surface area contributed by atoms with Gasteiger partial charge in [-0.3, -0.25) is 19.9 Å². The molecule has 0 aliphatic heterocycles. The van der Waals surface area contributed by atoms with Gasteiger partial charge in [-0.05, 0) is 60.7 Å². The molecule has 0 radical (unpaired) electrons. The van der Waals surface area contributed by atoms with Crippen LogP contribution in [-0.2, 0) is 19.5 Å². The number of aromatic nitrogens is 6. The summed E-state index contributed by atoms with van der Waals surface area (Å²) in [6, 6.07) is 27.4. The fraction of sp³-hybridized carbons (Fsp3) is 0.125. The molecule has 0 bridgehead atoms. The van der Waals surface area contributed by atoms with Gasteiger partial charge >= 0.3 is 19.5 Å². The maximum Gasteiger partial charge on any atom is 2.00 e. The Balaban J connectivity index is 0.000000207. The van der Waals surface area contributed by atoms with E-state index in [2.05, 4.69) is 19.9 Å². The molecule has 0 unspecified atom stereocenters. The number of nitrogens with zero attached hydrogens (tertiary/aromatic N) is 6. The van der Waals surface area contributed by atoms with Crippen molar-refractivity contribution in [3.63, 3.8) is 0 Å². The SMILES string of the molecule is CC[NH-].CC[NH-].[Ru+2].c1ccc(-c2ccccn2)nc1.c1ccc2nc3c4cccnc4c4ncccc4c3nc2c1. The van der Waals surface area contributed by atoms with Gasteiger partial charge in [0, 0.05) is 35.6 Å². The van der Waals surface area contributed by atoms with Gasteiger partial charge in [0.25, 0.3) is 0 Å². The van der Waals surface area contributed by atoms with Crippen molar-refractivity contribution in [1.82, 2.24) is 29.9 Å². The number of rotatable bonds is 1. The van der Waals surface area contributed by atoms with Crippen molar-refractivity contribution in [3.8, 4) is 11.4 Å². The van der Waals surface area contributed by atoms with Crippen molar-refractivity contribution in [3.05, 3.63) is 121 Å². The van der Waals surface area contributed by atoms with Crippen molar-refractivity contribution in [1.29, 1.82) is 0 Å². The van der Waals surface area contributed by atoms with Crippen LogP contribution in [0.25, 0.3) is 66.7 Å². The van der Waals surface area contributed by atoms with Crippen molar-refractivity contribution < 1.29 is 19.5 Å². The Morgan fingerprint density at radius 2 is 0.829 bits per heavy atom. The van der Waals surface area contributed by atoms with Crippen molar-refractivity contribution >= 4 is 43.9 Å². The summed E-state index contributed by atoms with van der Waals surface area (Å²) in [4.78, 5) is 27.0. The summed E-state index contributed by atoms with van der Waals surface area (Å²) in [5.41, 5.74) is 19.5. The van der Waals surface area contributed by atoms with Crippen LogP contribution in [0.1, 0.15) is 13.8 Å². The number of nitrogens with one attached hydrogen (secondary N) is 2. The van der Waals surface area contributed by atoms with Gasteiger partial charge in [-0.15, -0.1) is 0 Å². The van der Waals surface area contributed by atoms with E-state index in [4.69, 9.17) is 21.4 Å². The molecular weight excluding hydrogens is 597 g/mol. The standard InChI is InChI=1S/C18H10N4.C10H8N2.2C2H6N.Ru/c1-2-8-14-13(7-1)21-17-11-5-3-9-19-15(11)16-12(18(17)22-14)6-4-10-20-16;1-3-7-11-9(5-1)10-6-2-4-8-12-10;2*1-2-3;/h1-10H;1-8H;2*3H,2H2,1H3;/q;;2*-1;+2. The molecule has 2 aromatic carbocycles. The minimum absolute atomic E-state index is 0. The molecule has 8 nitrogen and oxygen atoms in total. The summed E-state index contributed by atoms with van der Waals surface area (Å²) in [6.07, 6.45) is 7.11. The molecule has 5 heterocycles. The van der Waals surface area contributed by atoms with Crippen LogP contribution in [0.3, 0.4) is 0 Å². The predicted molar refractivity (Wildman–Crippen MR) is 165 cm³/mol. The molecule has 0 aliphatic rings. The Hall–Kier alpha value is -4.30. The first-order valence-corrected chi connectivity index (χ1v) is 13.0. The Morgan fingerprint density at radius 3 is 1.20 bits per heavy atom. The minimum Gasteiger partial charge on any atom is -0.678 e. The predicted octanol–water partition coefficient (Wildman–Crippen LogP) is 8.14. The average molecular weight is 628 g/mol. The number of benzene rings is 2. The normalized spacial score (nSPS) is 9.95. The van der Waals surface area contributed by atoms with E-state index in [0.717, 1.165) is 55.3 Å². The first kappa shape index (κ1) is 31.2. The summed E-state index contributed by atoms with van der Waals surface area (Å²) in [5.74, 6) is 0. The second-order valence-corrected chi connectivity index (χ2v) is 8.35. The van der Waals surface area contributed by atoms with Gasteiger partial charge in [0.2, 0.25) is 0 Å². The van der Waals surface area contributed by atoms with E-state index < -0.39 is 0 Å². The van der Waals surface area contributed by atoms with E-state index in [9.17, 15) is 0 Å². The van der Waals surface area contributed by atoms with E-state index in [1.165, 1.54) is 0 Å². The Kier molecular flexibility index (Phi) is 12.3. The maximum atomic E-state index is 6.21. The molecule has 7 aromatic rings. The zero-order valence-corrected chi connectivity index (χ0v) is 24.6. The number of hydrogen-bond acceptors (Lipinski definition) is 6. The van der Waals surface area contributed by atoms with Gasteiger partial charge in [-0.25, -0.2) is 9.97 Å². The molecule has 0 atom stereocenters. The van der Waals surface area contributed by atoms with E-state index in [1.54, 1.807) is 38.6 Å². The average Bonchev–Trinajstić information content (AvgIpc) is 3.02. The molecular formula is C32H30N8Ru. The molecule has 2 N–H and O–H groups in total. The molecule has 0 aliphatic carbocycles. The van der Waals surface area contributed by atoms with Crippen LogP contribution in [0.15, 0.2) is 110 Å². The third kappa shape index (κ3) is 7.67. The number of fused-ring (bicyclic) bond motifs is 7. The molecule has 5 aromatic heterocycles. The van der Waals surface area contributed by atoms with E-state index >= 15 is 0 Å². The van der Waals surface area contributed by atoms with Crippen LogP contribution in [0.2, 0.25) is 0 Å². The fourth-order valence-corrected chi connectivity index (χ4v) is 3.97. The third-order valence-corrected chi connectivity index (χ3v) is 5.51. The first-order chi connectivity index (χ1) is 19.7. The van der Waals surface area contributed by atoms with Gasteiger partial charge in [-0.2, -0.15) is 13.1 Å². The van der Waals surface area contributed by atoms with Crippen molar-refractivity contribution in [2.24, 2.45) is 0 Å². The maximum absolute atomic E-state index is 6.21. The summed E-state index contributed by atoms with van der Waals surface area (Å²) in [7, 11) is 0. The van der Waals surface area contributed by atoms with E-state index in [-0.39, 0.29) is 19.5 Å². The van der Waals surface area contributed by atoms with E-state index in [0.29, 0.717) is 13.1 Å². The molecule has 41 heavy (non-hydrogen) atoms. The molecule has 9 heteroatoms. The number of para-hydroxylation sites is 2. The summed E-state index contributed by atoms with van der Waals surface area (Å²) < 4.78 is 0. The van der Waals surface area contributed by atoms with Gasteiger partial charge in [0.15, 0.2) is 0 Å². The van der Waals surface area contributed by atoms with Crippen LogP contribution in [0, 0.1) is 0 Å². The second kappa shape index (κ2) is 16.1. The molecule has 0 spiro atoms. The van der Waals surface area contributed by atoms with Gasteiger partial charge < -0.3 is 11.5 Å². The van der Waals surface area contributed by atoms with Gasteiger partial charge in [0.05, 0.1) is 44.5 Å². The van der Waals surface area contributed by atoms with Gasteiger partial charge in [0.1, 0.15) is 0 Å². The fourth-order valence-electron chi connectivity index (χ4n) is 3.97. The number of hydrogen-bond donors (Lipinski definition) is 0. The van der Waals surface area contributed by atoms with E-state index in [1.807, 2.05) is 84.9 Å². The zero-order chi connectivity index (χ0) is 28.2. The molecule has 0 amide bonds. The topological polar surface area (TPSA) is 125 Å². The summed E-state index contributed by atoms with van der Waals surface area (Å²) in [5, 5.41) is 1.98. The van der Waals surface area contributed by atoms with Crippen LogP contribution in [0.5, 0.6) is 0 Å². The van der Waals surface area contributed by atoms with Crippen molar-refractivity contribution in [2.45, 2.75) is 13.8 Å². The quantitative estimate of drug-likeness (QED) is 0.103. The van der Waals surface area contributed by atoms with Crippen LogP contribution in [0.4, 0.5) is 0 Å². The van der Waals surface area contributed by atoms with Crippen LogP contribution in [-0.4, -0.2) is 43.0 Å².